The molecule has 1 aliphatic rings. The number of nitrogens with zero attached hydrogens (tertiary/aromatic N) is 4. The molecule has 0 spiro atoms. The summed E-state index contributed by atoms with van der Waals surface area (Å²) < 4.78 is 7.77. The maximum Gasteiger partial charge on any atom is 0.140 e. The summed E-state index contributed by atoms with van der Waals surface area (Å²) in [5.74, 6) is 0.997. The van der Waals surface area contributed by atoms with Gasteiger partial charge in [-0.2, -0.15) is 5.10 Å². The van der Waals surface area contributed by atoms with Gasteiger partial charge in [0.05, 0.1) is 19.3 Å². The van der Waals surface area contributed by atoms with Crippen LogP contribution in [0.5, 0.6) is 0 Å². The molecule has 0 unspecified atom stereocenters. The average Bonchev–Trinajstić information content (AvgIpc) is 2.93. The molecule has 1 aliphatic heterocycles. The van der Waals surface area contributed by atoms with Crippen LogP contribution in [0.25, 0.3) is 0 Å². The molecule has 0 radical (unpaired) electrons. The first-order valence-electron chi connectivity index (χ1n) is 7.52. The van der Waals surface area contributed by atoms with Crippen molar-refractivity contribution >= 4 is 0 Å². The Morgan fingerprint density at radius 2 is 2.10 bits per heavy atom. The summed E-state index contributed by atoms with van der Waals surface area (Å²) in [5.41, 5.74) is 2.63. The van der Waals surface area contributed by atoms with Crippen LogP contribution in [-0.4, -0.2) is 39.4 Å². The number of benzene rings is 1. The summed E-state index contributed by atoms with van der Waals surface area (Å²) in [6, 6.07) is 8.77. The van der Waals surface area contributed by atoms with Gasteiger partial charge < -0.3 is 4.74 Å². The topological polar surface area (TPSA) is 43.2 Å². The van der Waals surface area contributed by atoms with E-state index in [0.29, 0.717) is 0 Å². The molecule has 2 aromatic rings. The molecule has 0 saturated carbocycles. The van der Waals surface area contributed by atoms with Crippen molar-refractivity contribution < 1.29 is 4.74 Å². The van der Waals surface area contributed by atoms with E-state index in [1.807, 2.05) is 11.7 Å². The van der Waals surface area contributed by atoms with E-state index in [1.54, 1.807) is 6.33 Å². The van der Waals surface area contributed by atoms with Gasteiger partial charge in [0, 0.05) is 20.1 Å². The van der Waals surface area contributed by atoms with E-state index >= 15 is 0 Å². The predicted molar refractivity (Wildman–Crippen MR) is 80.8 cm³/mol. The molecule has 1 atom stereocenters. The third-order valence-corrected chi connectivity index (χ3v) is 4.08. The van der Waals surface area contributed by atoms with Crippen LogP contribution >= 0.6 is 0 Å². The fraction of sp³-hybridized carbons (Fsp3) is 0.500. The van der Waals surface area contributed by atoms with Crippen LogP contribution in [0.3, 0.4) is 0 Å². The summed E-state index contributed by atoms with van der Waals surface area (Å²) in [6.45, 7) is 5.60. The third-order valence-electron chi connectivity index (χ3n) is 4.08. The van der Waals surface area contributed by atoms with E-state index in [9.17, 15) is 0 Å². The average molecular weight is 286 g/mol. The van der Waals surface area contributed by atoms with E-state index in [2.05, 4.69) is 46.2 Å². The van der Waals surface area contributed by atoms with Crippen molar-refractivity contribution in [1.82, 2.24) is 19.7 Å². The lowest BCUT2D eigenvalue weighted by Gasteiger charge is -2.32. The Kier molecular flexibility index (Phi) is 4.31. The highest BCUT2D eigenvalue weighted by molar-refractivity contribution is 5.24. The minimum Gasteiger partial charge on any atom is -0.371 e. The zero-order valence-corrected chi connectivity index (χ0v) is 12.7. The van der Waals surface area contributed by atoms with E-state index in [1.165, 1.54) is 11.1 Å². The predicted octanol–water partition coefficient (Wildman–Crippen LogP) is 1.95. The van der Waals surface area contributed by atoms with Crippen LogP contribution in [0.1, 0.15) is 30.0 Å². The Balaban J connectivity index is 1.66. The molecular weight excluding hydrogens is 264 g/mol. The van der Waals surface area contributed by atoms with Crippen LogP contribution < -0.4 is 0 Å². The summed E-state index contributed by atoms with van der Waals surface area (Å²) in [6.07, 6.45) is 2.83. The summed E-state index contributed by atoms with van der Waals surface area (Å²) in [5, 5.41) is 4.13. The van der Waals surface area contributed by atoms with Crippen molar-refractivity contribution in [2.24, 2.45) is 7.05 Å². The Morgan fingerprint density at radius 3 is 2.76 bits per heavy atom. The molecule has 1 aromatic heterocycles. The summed E-state index contributed by atoms with van der Waals surface area (Å²) in [4.78, 5) is 6.68. The SMILES string of the molecule is CCc1ccc([C@@H]2CN(Cc3ncnn3C)CCO2)cc1. The minimum atomic E-state index is 0.151. The largest absolute Gasteiger partial charge is 0.371 e. The molecule has 0 bridgehead atoms. The highest BCUT2D eigenvalue weighted by atomic mass is 16.5. The van der Waals surface area contributed by atoms with Crippen LogP contribution in [-0.2, 0) is 24.8 Å². The van der Waals surface area contributed by atoms with Gasteiger partial charge in [-0.15, -0.1) is 0 Å². The highest BCUT2D eigenvalue weighted by Gasteiger charge is 2.22. The fourth-order valence-corrected chi connectivity index (χ4v) is 2.68. The normalized spacial score (nSPS) is 19.8. The molecule has 2 heterocycles. The maximum absolute atomic E-state index is 5.93. The molecule has 1 aromatic carbocycles. The third kappa shape index (κ3) is 3.31. The Labute approximate surface area is 125 Å². The highest BCUT2D eigenvalue weighted by Crippen LogP contribution is 2.23. The number of ether oxygens (including phenoxy) is 1. The van der Waals surface area contributed by atoms with Gasteiger partial charge in [-0.1, -0.05) is 31.2 Å². The second kappa shape index (κ2) is 6.37. The molecule has 112 valence electrons. The number of aryl methyl sites for hydroxylation is 2. The van der Waals surface area contributed by atoms with Crippen molar-refractivity contribution in [1.29, 1.82) is 0 Å². The Bertz CT molecular complexity index is 578. The van der Waals surface area contributed by atoms with Crippen LogP contribution in [0.2, 0.25) is 0 Å². The van der Waals surface area contributed by atoms with E-state index < -0.39 is 0 Å². The van der Waals surface area contributed by atoms with Gasteiger partial charge in [-0.05, 0) is 17.5 Å². The molecule has 3 rings (SSSR count). The van der Waals surface area contributed by atoms with Crippen LogP contribution in [0.15, 0.2) is 30.6 Å². The van der Waals surface area contributed by atoms with Crippen molar-refractivity contribution in [2.45, 2.75) is 26.0 Å². The van der Waals surface area contributed by atoms with Crippen molar-refractivity contribution in [3.8, 4) is 0 Å². The number of hydrogen-bond acceptors (Lipinski definition) is 4. The summed E-state index contributed by atoms with van der Waals surface area (Å²) in [7, 11) is 1.93. The molecule has 0 amide bonds. The number of morpholine rings is 1. The first kappa shape index (κ1) is 14.2. The van der Waals surface area contributed by atoms with Crippen LogP contribution in [0, 0.1) is 0 Å². The van der Waals surface area contributed by atoms with Gasteiger partial charge >= 0.3 is 0 Å². The van der Waals surface area contributed by atoms with Gasteiger partial charge in [0.25, 0.3) is 0 Å². The monoisotopic (exact) mass is 286 g/mol. The van der Waals surface area contributed by atoms with Gasteiger partial charge in [0.1, 0.15) is 12.2 Å². The number of hydrogen-bond donors (Lipinski definition) is 0. The molecule has 0 aliphatic carbocycles. The molecule has 5 heteroatoms. The first-order chi connectivity index (χ1) is 10.3. The second-order valence-electron chi connectivity index (χ2n) is 5.49. The minimum absolute atomic E-state index is 0.151. The van der Waals surface area contributed by atoms with E-state index in [0.717, 1.165) is 38.5 Å². The number of aromatic nitrogens is 3. The molecular formula is C16H22N4O. The van der Waals surface area contributed by atoms with Crippen LogP contribution in [0.4, 0.5) is 0 Å². The summed E-state index contributed by atoms with van der Waals surface area (Å²) >= 11 is 0. The van der Waals surface area contributed by atoms with Gasteiger partial charge in [0.2, 0.25) is 0 Å². The lowest BCUT2D eigenvalue weighted by molar-refractivity contribution is -0.0339. The standard InChI is InChI=1S/C16H22N4O/c1-3-13-4-6-14(7-5-13)15-10-20(8-9-21-15)11-16-17-12-18-19(16)2/h4-7,12,15H,3,8-11H2,1-2H3/t15-/m0/s1. The molecule has 0 N–H and O–H groups in total. The molecule has 5 nitrogen and oxygen atoms in total. The molecule has 1 saturated heterocycles. The Hall–Kier alpha value is -1.72. The smallest absolute Gasteiger partial charge is 0.140 e. The number of rotatable bonds is 4. The van der Waals surface area contributed by atoms with Gasteiger partial charge in [-0.25, -0.2) is 4.98 Å². The van der Waals surface area contributed by atoms with E-state index in [-0.39, 0.29) is 6.10 Å². The first-order valence-corrected chi connectivity index (χ1v) is 7.52. The zero-order chi connectivity index (χ0) is 14.7. The maximum atomic E-state index is 5.93. The lowest BCUT2D eigenvalue weighted by Crippen LogP contribution is -2.38. The fourth-order valence-electron chi connectivity index (χ4n) is 2.68. The second-order valence-corrected chi connectivity index (χ2v) is 5.49. The lowest BCUT2D eigenvalue weighted by atomic mass is 10.0. The molecule has 1 fully saturated rings. The van der Waals surface area contributed by atoms with Crippen molar-refractivity contribution in [3.63, 3.8) is 0 Å². The van der Waals surface area contributed by atoms with E-state index in [4.69, 9.17) is 4.74 Å². The molecule has 21 heavy (non-hydrogen) atoms. The van der Waals surface area contributed by atoms with Crippen molar-refractivity contribution in [2.75, 3.05) is 19.7 Å². The zero-order valence-electron chi connectivity index (χ0n) is 12.7. The Morgan fingerprint density at radius 1 is 1.29 bits per heavy atom. The van der Waals surface area contributed by atoms with Gasteiger partial charge in [-0.3, -0.25) is 9.58 Å². The quantitative estimate of drug-likeness (QED) is 0.861. The van der Waals surface area contributed by atoms with Crippen molar-refractivity contribution in [3.05, 3.63) is 47.5 Å². The van der Waals surface area contributed by atoms with Gasteiger partial charge in [0.15, 0.2) is 0 Å².